The van der Waals surface area contributed by atoms with Crippen LogP contribution in [0.2, 0.25) is 0 Å². The Morgan fingerprint density at radius 3 is 2.88 bits per heavy atom. The van der Waals surface area contributed by atoms with Crippen molar-refractivity contribution in [2.75, 3.05) is 24.6 Å². The number of halogens is 3. The maximum Gasteiger partial charge on any atom is 0.427 e. The van der Waals surface area contributed by atoms with Crippen LogP contribution in [0.4, 0.5) is 18.3 Å². The molecule has 3 nitrogen and oxygen atoms in total. The average Bonchev–Trinajstić information content (AvgIpc) is 2.65. The quantitative estimate of drug-likeness (QED) is 0.767. The third-order valence-corrected chi connectivity index (χ3v) is 3.39. The molecule has 0 aromatic carbocycles. The van der Waals surface area contributed by atoms with Crippen molar-refractivity contribution in [3.05, 3.63) is 11.1 Å². The Bertz CT molecular complexity index is 366. The minimum absolute atomic E-state index is 0.0342. The summed E-state index contributed by atoms with van der Waals surface area (Å²) in [7, 11) is 0. The fourth-order valence-electron chi connectivity index (χ4n) is 1.53. The number of ether oxygens (including phenoxy) is 1. The first-order chi connectivity index (χ1) is 7.47. The molecule has 0 radical (unpaired) electrons. The number of alkyl halides is 3. The van der Waals surface area contributed by atoms with E-state index in [1.807, 2.05) is 11.8 Å². The average molecular weight is 252 g/mol. The van der Waals surface area contributed by atoms with Gasteiger partial charge in [-0.15, -0.1) is 0 Å². The van der Waals surface area contributed by atoms with E-state index < -0.39 is 11.1 Å². The van der Waals surface area contributed by atoms with Crippen LogP contribution in [0.15, 0.2) is 6.20 Å². The van der Waals surface area contributed by atoms with Gasteiger partial charge in [-0.3, -0.25) is 0 Å². The largest absolute Gasteiger partial charge is 0.427 e. The molecule has 1 aliphatic heterocycles. The third-order valence-electron chi connectivity index (χ3n) is 2.28. The van der Waals surface area contributed by atoms with E-state index >= 15 is 0 Å². The molecule has 0 bridgehead atoms. The molecule has 7 heteroatoms. The van der Waals surface area contributed by atoms with Gasteiger partial charge in [0.15, 0.2) is 5.13 Å². The van der Waals surface area contributed by atoms with Crippen LogP contribution in [0.1, 0.15) is 11.8 Å². The normalized spacial score (nSPS) is 22.5. The van der Waals surface area contributed by atoms with E-state index in [1.165, 1.54) is 0 Å². The lowest BCUT2D eigenvalue weighted by Crippen LogP contribution is -2.41. The van der Waals surface area contributed by atoms with Crippen LogP contribution in [0.3, 0.4) is 0 Å². The highest BCUT2D eigenvalue weighted by Gasteiger charge is 2.34. The molecule has 16 heavy (non-hydrogen) atoms. The number of morpholine rings is 1. The maximum atomic E-state index is 12.4. The van der Waals surface area contributed by atoms with Crippen LogP contribution < -0.4 is 4.90 Å². The first kappa shape index (κ1) is 11.7. The highest BCUT2D eigenvalue weighted by molar-refractivity contribution is 7.15. The Morgan fingerprint density at radius 1 is 1.56 bits per heavy atom. The Hall–Kier alpha value is -0.820. The van der Waals surface area contributed by atoms with Gasteiger partial charge in [0, 0.05) is 13.1 Å². The summed E-state index contributed by atoms with van der Waals surface area (Å²) in [6.07, 6.45) is -3.37. The molecule has 2 heterocycles. The van der Waals surface area contributed by atoms with Crippen molar-refractivity contribution in [1.82, 2.24) is 4.98 Å². The Labute approximate surface area is 94.8 Å². The fourth-order valence-corrected chi connectivity index (χ4v) is 2.35. The molecule has 0 spiro atoms. The smallest absolute Gasteiger partial charge is 0.375 e. The van der Waals surface area contributed by atoms with Gasteiger partial charge < -0.3 is 9.64 Å². The van der Waals surface area contributed by atoms with Gasteiger partial charge in [-0.05, 0) is 6.92 Å². The molecule has 90 valence electrons. The van der Waals surface area contributed by atoms with Crippen LogP contribution in [0.5, 0.6) is 0 Å². The van der Waals surface area contributed by atoms with Gasteiger partial charge in [-0.25, -0.2) is 4.98 Å². The predicted molar refractivity (Wildman–Crippen MR) is 54.7 cm³/mol. The SMILES string of the molecule is C[C@@H]1CN(c2ncc(C(F)(F)F)s2)CCO1. The topological polar surface area (TPSA) is 25.4 Å². The van der Waals surface area contributed by atoms with Gasteiger partial charge >= 0.3 is 6.18 Å². The molecule has 0 amide bonds. The monoisotopic (exact) mass is 252 g/mol. The van der Waals surface area contributed by atoms with Crippen molar-refractivity contribution in [3.8, 4) is 0 Å². The van der Waals surface area contributed by atoms with Crippen LogP contribution >= 0.6 is 11.3 Å². The van der Waals surface area contributed by atoms with E-state index in [0.29, 0.717) is 36.2 Å². The van der Waals surface area contributed by atoms with Crippen LogP contribution in [-0.4, -0.2) is 30.8 Å². The van der Waals surface area contributed by atoms with Gasteiger partial charge in [-0.2, -0.15) is 13.2 Å². The molecule has 0 N–H and O–H groups in total. The zero-order valence-electron chi connectivity index (χ0n) is 8.62. The fraction of sp³-hybridized carbons (Fsp3) is 0.667. The number of hydrogen-bond acceptors (Lipinski definition) is 4. The minimum atomic E-state index is -4.30. The number of thiazole rings is 1. The van der Waals surface area contributed by atoms with E-state index in [-0.39, 0.29) is 6.10 Å². The number of rotatable bonds is 1. The second kappa shape index (κ2) is 4.21. The van der Waals surface area contributed by atoms with Crippen molar-refractivity contribution in [3.63, 3.8) is 0 Å². The molecule has 1 saturated heterocycles. The summed E-state index contributed by atoms with van der Waals surface area (Å²) in [5.41, 5.74) is 0. The number of aromatic nitrogens is 1. The second-order valence-electron chi connectivity index (χ2n) is 3.63. The molecular weight excluding hydrogens is 241 g/mol. The molecule has 1 aliphatic rings. The summed E-state index contributed by atoms with van der Waals surface area (Å²) < 4.78 is 42.4. The lowest BCUT2D eigenvalue weighted by atomic mass is 10.3. The van der Waals surface area contributed by atoms with E-state index in [2.05, 4.69) is 4.98 Å². The molecule has 1 atom stereocenters. The van der Waals surface area contributed by atoms with Crippen molar-refractivity contribution in [1.29, 1.82) is 0 Å². The molecule has 0 saturated carbocycles. The highest BCUT2D eigenvalue weighted by Crippen LogP contribution is 2.36. The Balaban J connectivity index is 2.12. The standard InChI is InChI=1S/C9H11F3N2OS/c1-6-5-14(2-3-15-6)8-13-4-7(16-8)9(10,11)12/h4,6H,2-3,5H2,1H3/t6-/m1/s1. The molecule has 2 rings (SSSR count). The van der Waals surface area contributed by atoms with Gasteiger partial charge in [0.05, 0.1) is 18.9 Å². The van der Waals surface area contributed by atoms with E-state index in [9.17, 15) is 13.2 Å². The molecule has 1 aromatic heterocycles. The van der Waals surface area contributed by atoms with Crippen molar-refractivity contribution in [2.24, 2.45) is 0 Å². The number of nitrogens with zero attached hydrogens (tertiary/aromatic N) is 2. The van der Waals surface area contributed by atoms with E-state index in [1.54, 1.807) is 0 Å². The Kier molecular flexibility index (Phi) is 3.07. The Morgan fingerprint density at radius 2 is 2.31 bits per heavy atom. The summed E-state index contributed by atoms with van der Waals surface area (Å²) in [5, 5.41) is 0.419. The van der Waals surface area contributed by atoms with Crippen molar-refractivity contribution >= 4 is 16.5 Å². The van der Waals surface area contributed by atoms with Crippen LogP contribution in [0, 0.1) is 0 Å². The van der Waals surface area contributed by atoms with Gasteiger partial charge in [0.25, 0.3) is 0 Å². The summed E-state index contributed by atoms with van der Waals surface area (Å²) in [4.78, 5) is 4.99. The number of anilines is 1. The molecule has 0 unspecified atom stereocenters. The summed E-state index contributed by atoms with van der Waals surface area (Å²) >= 11 is 0.683. The van der Waals surface area contributed by atoms with E-state index in [0.717, 1.165) is 6.20 Å². The second-order valence-corrected chi connectivity index (χ2v) is 4.64. The summed E-state index contributed by atoms with van der Waals surface area (Å²) in [5.74, 6) is 0. The molecular formula is C9H11F3N2OS. The van der Waals surface area contributed by atoms with Crippen molar-refractivity contribution < 1.29 is 17.9 Å². The van der Waals surface area contributed by atoms with Crippen LogP contribution in [0.25, 0.3) is 0 Å². The maximum absolute atomic E-state index is 12.4. The molecule has 0 aliphatic carbocycles. The minimum Gasteiger partial charge on any atom is -0.375 e. The van der Waals surface area contributed by atoms with E-state index in [4.69, 9.17) is 4.74 Å². The molecule has 1 aromatic rings. The number of hydrogen-bond donors (Lipinski definition) is 0. The lowest BCUT2D eigenvalue weighted by Gasteiger charge is -2.30. The van der Waals surface area contributed by atoms with Crippen molar-refractivity contribution in [2.45, 2.75) is 19.2 Å². The lowest BCUT2D eigenvalue weighted by molar-refractivity contribution is -0.134. The first-order valence-corrected chi connectivity index (χ1v) is 5.68. The van der Waals surface area contributed by atoms with Gasteiger partial charge in [0.2, 0.25) is 0 Å². The first-order valence-electron chi connectivity index (χ1n) is 4.86. The predicted octanol–water partition coefficient (Wildman–Crippen LogP) is 2.39. The highest BCUT2D eigenvalue weighted by atomic mass is 32.1. The van der Waals surface area contributed by atoms with Gasteiger partial charge in [0.1, 0.15) is 4.88 Å². The third kappa shape index (κ3) is 2.46. The van der Waals surface area contributed by atoms with Gasteiger partial charge in [-0.1, -0.05) is 11.3 Å². The van der Waals surface area contributed by atoms with Crippen LogP contribution in [-0.2, 0) is 10.9 Å². The summed E-state index contributed by atoms with van der Waals surface area (Å²) in [6.45, 7) is 3.60. The molecule has 1 fully saturated rings. The zero-order valence-corrected chi connectivity index (χ0v) is 9.44. The zero-order chi connectivity index (χ0) is 11.8. The summed E-state index contributed by atoms with van der Waals surface area (Å²) in [6, 6.07) is 0.